The van der Waals surface area contributed by atoms with Gasteiger partial charge in [0.2, 0.25) is 5.91 Å². The van der Waals surface area contributed by atoms with E-state index in [4.69, 9.17) is 6.85 Å². The average molecular weight is 304 g/mol. The molecule has 1 aliphatic carbocycles. The minimum absolute atomic E-state index is 0.266. The van der Waals surface area contributed by atoms with Crippen LogP contribution in [0.15, 0.2) is 12.1 Å². The molecular formula is C14H16F3N3O. The SMILES string of the molecule is [2H]C([2H])([2H])[C@@]12C[C@@H](C(=O)Nc3nc(C(F)(F)F)ccc3C)N[C@@H]1C2([2H])[2H]. The molecule has 2 aliphatic rings. The molecule has 0 bridgehead atoms. The molecule has 2 N–H and O–H groups in total. The van der Waals surface area contributed by atoms with Gasteiger partial charge < -0.3 is 10.6 Å². The molecule has 0 unspecified atom stereocenters. The third-order valence-corrected chi connectivity index (χ3v) is 3.65. The highest BCUT2D eigenvalue weighted by Crippen LogP contribution is 2.53. The lowest BCUT2D eigenvalue weighted by Crippen LogP contribution is -2.38. The Morgan fingerprint density at radius 1 is 1.62 bits per heavy atom. The number of amides is 1. The highest BCUT2D eigenvalue weighted by molar-refractivity contribution is 5.95. The van der Waals surface area contributed by atoms with E-state index < -0.39 is 48.5 Å². The quantitative estimate of drug-likeness (QED) is 0.882. The zero-order valence-electron chi connectivity index (χ0n) is 16.0. The maximum Gasteiger partial charge on any atom is 0.433 e. The van der Waals surface area contributed by atoms with E-state index in [9.17, 15) is 18.0 Å². The second kappa shape index (κ2) is 4.43. The van der Waals surface area contributed by atoms with Crippen molar-refractivity contribution in [2.24, 2.45) is 5.41 Å². The minimum atomic E-state index is -4.66. The Labute approximate surface area is 127 Å². The Balaban J connectivity index is 1.78. The van der Waals surface area contributed by atoms with Crippen LogP contribution >= 0.6 is 0 Å². The van der Waals surface area contributed by atoms with E-state index in [2.05, 4.69) is 15.6 Å². The van der Waals surface area contributed by atoms with E-state index >= 15 is 0 Å². The van der Waals surface area contributed by atoms with E-state index in [0.717, 1.165) is 6.07 Å². The van der Waals surface area contributed by atoms with E-state index in [-0.39, 0.29) is 12.2 Å². The fourth-order valence-corrected chi connectivity index (χ4v) is 2.34. The van der Waals surface area contributed by atoms with Crippen LogP contribution in [0.4, 0.5) is 19.0 Å². The van der Waals surface area contributed by atoms with Gasteiger partial charge in [-0.15, -0.1) is 0 Å². The number of halogens is 3. The van der Waals surface area contributed by atoms with Crippen LogP contribution in [0.25, 0.3) is 0 Å². The van der Waals surface area contributed by atoms with Crippen LogP contribution in [-0.2, 0) is 11.0 Å². The number of nitrogens with one attached hydrogen (secondary N) is 2. The van der Waals surface area contributed by atoms with Gasteiger partial charge in [0.25, 0.3) is 0 Å². The number of rotatable bonds is 2. The summed E-state index contributed by atoms with van der Waals surface area (Å²) in [7, 11) is 0. The standard InChI is InChI=1S/C14H16F3N3O/c1-7-3-4-9(14(15,16)17)19-11(7)20-12(21)8-5-13(2)6-10(13)18-8/h3-4,8,10,18H,5-6H2,1-2H3,(H,19,20,21)/t8-,10+,13-/m0/s1/i2D3,6D2. The molecule has 3 atom stereocenters. The largest absolute Gasteiger partial charge is 0.433 e. The topological polar surface area (TPSA) is 54.0 Å². The van der Waals surface area contributed by atoms with Crippen molar-refractivity contribution in [2.45, 2.75) is 44.8 Å². The van der Waals surface area contributed by atoms with Gasteiger partial charge in [-0.1, -0.05) is 12.9 Å². The Hall–Kier alpha value is -1.63. The molecular weight excluding hydrogens is 283 g/mol. The van der Waals surface area contributed by atoms with Crippen molar-refractivity contribution < 1.29 is 24.8 Å². The number of anilines is 1. The summed E-state index contributed by atoms with van der Waals surface area (Å²) in [5.41, 5.74) is -2.51. The molecule has 0 spiro atoms. The first-order valence-corrected chi connectivity index (χ1v) is 6.33. The Bertz CT molecular complexity index is 755. The summed E-state index contributed by atoms with van der Waals surface area (Å²) in [5.74, 6) is -1.01. The number of piperidine rings is 1. The number of hydrogen-bond donors (Lipinski definition) is 2. The number of aryl methyl sites for hydroxylation is 1. The van der Waals surface area contributed by atoms with Crippen LogP contribution in [0.3, 0.4) is 0 Å². The summed E-state index contributed by atoms with van der Waals surface area (Å²) in [6.45, 7) is -1.13. The van der Waals surface area contributed by atoms with E-state index in [1.54, 1.807) is 0 Å². The van der Waals surface area contributed by atoms with Crippen LogP contribution in [0, 0.1) is 12.3 Å². The fourth-order valence-electron chi connectivity index (χ4n) is 2.34. The van der Waals surface area contributed by atoms with Crippen LogP contribution in [0.1, 0.15) is 37.8 Å². The van der Waals surface area contributed by atoms with Gasteiger partial charge in [-0.25, -0.2) is 4.98 Å². The third kappa shape index (κ3) is 2.62. The maximum atomic E-state index is 12.8. The first kappa shape index (κ1) is 9.40. The molecule has 1 aromatic rings. The second-order valence-electron chi connectivity index (χ2n) is 5.32. The lowest BCUT2D eigenvalue weighted by Gasteiger charge is -2.16. The van der Waals surface area contributed by atoms with Gasteiger partial charge in [0.1, 0.15) is 11.5 Å². The molecule has 1 aliphatic heterocycles. The zero-order valence-corrected chi connectivity index (χ0v) is 11.0. The number of hydrogen-bond acceptors (Lipinski definition) is 3. The first-order valence-electron chi connectivity index (χ1n) is 8.83. The molecule has 4 nitrogen and oxygen atoms in total. The molecule has 0 aromatic carbocycles. The lowest BCUT2D eigenvalue weighted by atomic mass is 10.0. The van der Waals surface area contributed by atoms with Gasteiger partial charge in [-0.2, -0.15) is 13.2 Å². The van der Waals surface area contributed by atoms with Crippen molar-refractivity contribution in [3.05, 3.63) is 23.4 Å². The maximum absolute atomic E-state index is 12.8. The summed E-state index contributed by atoms with van der Waals surface area (Å²) in [5, 5.41) is 4.94. The predicted molar refractivity (Wildman–Crippen MR) is 70.7 cm³/mol. The fraction of sp³-hybridized carbons (Fsp3) is 0.571. The van der Waals surface area contributed by atoms with Crippen molar-refractivity contribution >= 4 is 11.7 Å². The third-order valence-electron chi connectivity index (χ3n) is 3.65. The van der Waals surface area contributed by atoms with Crippen molar-refractivity contribution in [3.8, 4) is 0 Å². The Morgan fingerprint density at radius 2 is 2.38 bits per heavy atom. The van der Waals surface area contributed by atoms with Crippen molar-refractivity contribution in [2.75, 3.05) is 5.32 Å². The number of carbonyl (C=O) groups is 1. The van der Waals surface area contributed by atoms with Crippen molar-refractivity contribution in [3.63, 3.8) is 0 Å². The number of aromatic nitrogens is 1. The summed E-state index contributed by atoms with van der Waals surface area (Å²) < 4.78 is 76.7. The molecule has 7 heteroatoms. The molecule has 21 heavy (non-hydrogen) atoms. The van der Waals surface area contributed by atoms with Gasteiger partial charge in [-0.05, 0) is 36.8 Å². The molecule has 2 fully saturated rings. The van der Waals surface area contributed by atoms with Gasteiger partial charge >= 0.3 is 6.18 Å². The highest BCUT2D eigenvalue weighted by atomic mass is 19.4. The molecule has 114 valence electrons. The number of alkyl halides is 3. The summed E-state index contributed by atoms with van der Waals surface area (Å²) in [4.78, 5) is 15.8. The molecule has 1 saturated heterocycles. The Kier molecular flexibility index (Phi) is 1.98. The highest BCUT2D eigenvalue weighted by Gasteiger charge is 2.58. The average Bonchev–Trinajstić information content (AvgIpc) is 2.84. The normalized spacial score (nSPS) is 37.4. The van der Waals surface area contributed by atoms with Crippen LogP contribution in [0.5, 0.6) is 0 Å². The second-order valence-corrected chi connectivity index (χ2v) is 5.32. The first-order chi connectivity index (χ1) is 11.7. The Morgan fingerprint density at radius 3 is 3.00 bits per heavy atom. The molecule has 1 saturated carbocycles. The summed E-state index contributed by atoms with van der Waals surface area (Å²) >= 11 is 0. The number of nitrogens with zero attached hydrogens (tertiary/aromatic N) is 1. The molecule has 1 aromatic heterocycles. The van der Waals surface area contributed by atoms with Crippen molar-refractivity contribution in [1.82, 2.24) is 10.3 Å². The summed E-state index contributed by atoms with van der Waals surface area (Å²) in [6, 6.07) is -0.0616. The number of carbonyl (C=O) groups excluding carboxylic acids is 1. The minimum Gasteiger partial charge on any atom is -0.309 e. The van der Waals surface area contributed by atoms with Gasteiger partial charge in [-0.3, -0.25) is 4.79 Å². The lowest BCUT2D eigenvalue weighted by molar-refractivity contribution is -0.141. The van der Waals surface area contributed by atoms with Crippen LogP contribution in [-0.4, -0.2) is 23.0 Å². The van der Waals surface area contributed by atoms with Crippen LogP contribution in [0.2, 0.25) is 0 Å². The van der Waals surface area contributed by atoms with Crippen molar-refractivity contribution in [1.29, 1.82) is 0 Å². The molecule has 0 radical (unpaired) electrons. The number of fused-ring (bicyclic) bond motifs is 1. The van der Waals surface area contributed by atoms with E-state index in [1.807, 2.05) is 0 Å². The zero-order chi connectivity index (χ0) is 19.7. The predicted octanol–water partition coefficient (Wildman–Crippen LogP) is 2.49. The number of pyridine rings is 1. The van der Waals surface area contributed by atoms with E-state index in [1.165, 1.54) is 13.0 Å². The van der Waals surface area contributed by atoms with Crippen LogP contribution < -0.4 is 10.6 Å². The van der Waals surface area contributed by atoms with E-state index in [0.29, 0.717) is 5.56 Å². The molecule has 2 heterocycles. The molecule has 1 amide bonds. The summed E-state index contributed by atoms with van der Waals surface area (Å²) in [6.07, 6.45) is -6.91. The molecule has 3 rings (SSSR count). The van der Waals surface area contributed by atoms with Gasteiger partial charge in [0.15, 0.2) is 0 Å². The smallest absolute Gasteiger partial charge is 0.309 e. The monoisotopic (exact) mass is 304 g/mol. The van der Waals surface area contributed by atoms with Gasteiger partial charge in [0, 0.05) is 12.9 Å². The van der Waals surface area contributed by atoms with Gasteiger partial charge in [0.05, 0.1) is 6.04 Å².